The Hall–Kier alpha value is -1.89. The topological polar surface area (TPSA) is 65.0 Å². The molecule has 0 aromatic heterocycles. The van der Waals surface area contributed by atoms with Crippen molar-refractivity contribution in [1.29, 1.82) is 0 Å². The molecule has 0 bridgehead atoms. The standard InChI is InChI=1S/C22H31N3O3/c1-24-22(27)20-10-3-9-19(20)21(23-24)16-6-2-8-18(14-16)28-13-5-12-25-11-4-7-17(25)15-26/h2,6,8,14,17,21,23,26H,3-5,7,9-13,15H2,1H3/t17-,21?/m0/s1. The molecule has 6 heteroatoms. The van der Waals surface area contributed by atoms with Gasteiger partial charge in [0.25, 0.3) is 5.91 Å². The molecular formula is C22H31N3O3. The van der Waals surface area contributed by atoms with Gasteiger partial charge in [-0.05, 0) is 68.3 Å². The van der Waals surface area contributed by atoms with Crippen LogP contribution in [0.2, 0.25) is 0 Å². The number of ether oxygens (including phenoxy) is 1. The van der Waals surface area contributed by atoms with Crippen molar-refractivity contribution < 1.29 is 14.6 Å². The number of benzene rings is 1. The molecule has 3 aliphatic rings. The Morgan fingerprint density at radius 1 is 1.29 bits per heavy atom. The van der Waals surface area contributed by atoms with E-state index in [1.54, 1.807) is 12.1 Å². The minimum atomic E-state index is 0.0543. The summed E-state index contributed by atoms with van der Waals surface area (Å²) in [6, 6.07) is 8.61. The highest BCUT2D eigenvalue weighted by Crippen LogP contribution is 2.39. The summed E-state index contributed by atoms with van der Waals surface area (Å²) >= 11 is 0. The van der Waals surface area contributed by atoms with E-state index in [9.17, 15) is 9.90 Å². The van der Waals surface area contributed by atoms with Gasteiger partial charge in [0, 0.05) is 25.2 Å². The first-order valence-electron chi connectivity index (χ1n) is 10.5. The maximum atomic E-state index is 12.3. The van der Waals surface area contributed by atoms with Gasteiger partial charge < -0.3 is 9.84 Å². The monoisotopic (exact) mass is 385 g/mol. The number of carbonyl (C=O) groups excluding carboxylic acids is 1. The lowest BCUT2D eigenvalue weighted by Crippen LogP contribution is -2.46. The third-order valence-electron chi connectivity index (χ3n) is 6.25. The first kappa shape index (κ1) is 19.4. The number of rotatable bonds is 7. The summed E-state index contributed by atoms with van der Waals surface area (Å²) in [6.45, 7) is 2.98. The van der Waals surface area contributed by atoms with Gasteiger partial charge in [-0.2, -0.15) is 0 Å². The fourth-order valence-electron chi connectivity index (χ4n) is 4.78. The third kappa shape index (κ3) is 3.95. The smallest absolute Gasteiger partial charge is 0.263 e. The van der Waals surface area contributed by atoms with E-state index in [2.05, 4.69) is 22.5 Å². The van der Waals surface area contributed by atoms with Gasteiger partial charge in [0.05, 0.1) is 19.3 Å². The zero-order valence-electron chi connectivity index (χ0n) is 16.7. The van der Waals surface area contributed by atoms with Gasteiger partial charge in [-0.25, -0.2) is 5.43 Å². The predicted octanol–water partition coefficient (Wildman–Crippen LogP) is 2.41. The normalized spacial score (nSPS) is 25.5. The summed E-state index contributed by atoms with van der Waals surface area (Å²) in [5.74, 6) is 0.985. The van der Waals surface area contributed by atoms with Crippen LogP contribution in [-0.4, -0.2) is 60.3 Å². The Labute approximate surface area is 167 Å². The summed E-state index contributed by atoms with van der Waals surface area (Å²) in [4.78, 5) is 14.7. The van der Waals surface area contributed by atoms with Crippen LogP contribution in [0.25, 0.3) is 0 Å². The van der Waals surface area contributed by atoms with Crippen molar-refractivity contribution >= 4 is 5.91 Å². The highest BCUT2D eigenvalue weighted by atomic mass is 16.5. The van der Waals surface area contributed by atoms with Crippen LogP contribution >= 0.6 is 0 Å². The van der Waals surface area contributed by atoms with Crippen molar-refractivity contribution in [2.24, 2.45) is 0 Å². The molecule has 1 aromatic carbocycles. The SMILES string of the molecule is CN1NC(c2cccc(OCCCN3CCC[C@H]3CO)c2)C2=C(CCC2)C1=O. The highest BCUT2D eigenvalue weighted by Gasteiger charge is 2.34. The number of likely N-dealkylation sites (tertiary alicyclic amines) is 1. The van der Waals surface area contributed by atoms with Gasteiger partial charge in [-0.15, -0.1) is 0 Å². The quantitative estimate of drug-likeness (QED) is 0.706. The summed E-state index contributed by atoms with van der Waals surface area (Å²) in [6.07, 6.45) is 6.16. The first-order valence-corrected chi connectivity index (χ1v) is 10.5. The second-order valence-corrected chi connectivity index (χ2v) is 8.07. The Bertz CT molecular complexity index is 748. The average molecular weight is 386 g/mol. The largest absolute Gasteiger partial charge is 0.494 e. The maximum Gasteiger partial charge on any atom is 0.263 e. The van der Waals surface area contributed by atoms with Crippen LogP contribution in [0.1, 0.15) is 50.1 Å². The van der Waals surface area contributed by atoms with Crippen molar-refractivity contribution in [2.45, 2.75) is 50.6 Å². The molecule has 28 heavy (non-hydrogen) atoms. The Balaban J connectivity index is 1.36. The molecule has 0 spiro atoms. The number of amides is 1. The molecule has 1 aliphatic carbocycles. The fraction of sp³-hybridized carbons (Fsp3) is 0.591. The number of likely N-dealkylation sites (N-methyl/N-ethyl adjacent to an activating group) is 1. The van der Waals surface area contributed by atoms with Crippen LogP contribution in [-0.2, 0) is 4.79 Å². The molecule has 2 atom stereocenters. The number of aliphatic hydroxyl groups is 1. The van der Waals surface area contributed by atoms with Gasteiger partial charge in [-0.1, -0.05) is 12.1 Å². The zero-order valence-corrected chi connectivity index (χ0v) is 16.7. The number of nitrogens with one attached hydrogen (secondary N) is 1. The Morgan fingerprint density at radius 3 is 3.04 bits per heavy atom. The molecule has 6 nitrogen and oxygen atoms in total. The van der Waals surface area contributed by atoms with Crippen molar-refractivity contribution in [3.8, 4) is 5.75 Å². The molecule has 0 saturated carbocycles. The second-order valence-electron chi connectivity index (χ2n) is 8.07. The van der Waals surface area contributed by atoms with Crippen molar-refractivity contribution in [3.63, 3.8) is 0 Å². The number of hydrazine groups is 1. The van der Waals surface area contributed by atoms with E-state index in [1.165, 1.54) is 12.0 Å². The molecule has 1 saturated heterocycles. The van der Waals surface area contributed by atoms with Gasteiger partial charge in [0.15, 0.2) is 0 Å². The number of aliphatic hydroxyl groups excluding tert-OH is 1. The predicted molar refractivity (Wildman–Crippen MR) is 108 cm³/mol. The highest BCUT2D eigenvalue weighted by molar-refractivity contribution is 5.95. The van der Waals surface area contributed by atoms with Crippen LogP contribution in [0, 0.1) is 0 Å². The molecule has 1 unspecified atom stereocenters. The summed E-state index contributed by atoms with van der Waals surface area (Å²) in [5.41, 5.74) is 6.71. The minimum absolute atomic E-state index is 0.0543. The molecule has 2 aliphatic heterocycles. The molecule has 1 aromatic rings. The van der Waals surface area contributed by atoms with Crippen LogP contribution < -0.4 is 10.2 Å². The van der Waals surface area contributed by atoms with Gasteiger partial charge in [-0.3, -0.25) is 14.7 Å². The Morgan fingerprint density at radius 2 is 2.18 bits per heavy atom. The lowest BCUT2D eigenvalue weighted by Gasteiger charge is -2.33. The minimum Gasteiger partial charge on any atom is -0.494 e. The van der Waals surface area contributed by atoms with Gasteiger partial charge in [0.1, 0.15) is 5.75 Å². The lowest BCUT2D eigenvalue weighted by molar-refractivity contribution is -0.130. The van der Waals surface area contributed by atoms with Crippen molar-refractivity contribution in [3.05, 3.63) is 41.0 Å². The van der Waals surface area contributed by atoms with Crippen molar-refractivity contribution in [1.82, 2.24) is 15.3 Å². The zero-order chi connectivity index (χ0) is 19.5. The number of carbonyl (C=O) groups is 1. The third-order valence-corrected chi connectivity index (χ3v) is 6.25. The summed E-state index contributed by atoms with van der Waals surface area (Å²) in [5, 5.41) is 11.0. The van der Waals surface area contributed by atoms with Crippen molar-refractivity contribution in [2.75, 3.05) is 33.4 Å². The maximum absolute atomic E-state index is 12.3. The summed E-state index contributed by atoms with van der Waals surface area (Å²) in [7, 11) is 1.80. The molecule has 4 rings (SSSR count). The molecule has 2 heterocycles. The first-order chi connectivity index (χ1) is 13.7. The number of hydrogen-bond donors (Lipinski definition) is 2. The number of nitrogens with zero attached hydrogens (tertiary/aromatic N) is 2. The van der Waals surface area contributed by atoms with E-state index in [0.717, 1.165) is 62.1 Å². The van der Waals surface area contributed by atoms with Gasteiger partial charge >= 0.3 is 0 Å². The van der Waals surface area contributed by atoms with E-state index in [1.807, 2.05) is 12.1 Å². The van der Waals surface area contributed by atoms with Gasteiger partial charge in [0.2, 0.25) is 0 Å². The number of hydrogen-bond acceptors (Lipinski definition) is 5. The molecule has 2 N–H and O–H groups in total. The summed E-state index contributed by atoms with van der Waals surface area (Å²) < 4.78 is 6.01. The van der Waals surface area contributed by atoms with E-state index in [0.29, 0.717) is 12.6 Å². The molecule has 1 amide bonds. The van der Waals surface area contributed by atoms with Crippen LogP contribution in [0.5, 0.6) is 5.75 Å². The van der Waals surface area contributed by atoms with Crippen LogP contribution in [0.4, 0.5) is 0 Å². The molecular weight excluding hydrogens is 354 g/mol. The molecule has 0 radical (unpaired) electrons. The second kappa shape index (κ2) is 8.64. The fourth-order valence-corrected chi connectivity index (χ4v) is 4.78. The Kier molecular flexibility index (Phi) is 5.99. The van der Waals surface area contributed by atoms with Crippen LogP contribution in [0.3, 0.4) is 0 Å². The van der Waals surface area contributed by atoms with E-state index < -0.39 is 0 Å². The van der Waals surface area contributed by atoms with Crippen LogP contribution in [0.15, 0.2) is 35.4 Å². The molecule has 152 valence electrons. The average Bonchev–Trinajstić information content (AvgIpc) is 3.37. The van der Waals surface area contributed by atoms with E-state index >= 15 is 0 Å². The lowest BCUT2D eigenvalue weighted by atomic mass is 9.94. The molecule has 1 fully saturated rings. The van der Waals surface area contributed by atoms with E-state index in [-0.39, 0.29) is 18.6 Å². The van der Waals surface area contributed by atoms with E-state index in [4.69, 9.17) is 4.74 Å².